The van der Waals surface area contributed by atoms with Crippen molar-refractivity contribution in [2.45, 2.75) is 30.8 Å². The summed E-state index contributed by atoms with van der Waals surface area (Å²) in [6, 6.07) is 13.5. The van der Waals surface area contributed by atoms with Crippen LogP contribution in [0.2, 0.25) is 0 Å². The van der Waals surface area contributed by atoms with E-state index in [0.717, 1.165) is 29.8 Å². The molecule has 0 radical (unpaired) electrons. The molecule has 0 spiro atoms. The van der Waals surface area contributed by atoms with Gasteiger partial charge in [0.1, 0.15) is 0 Å². The van der Waals surface area contributed by atoms with Gasteiger partial charge in [-0.1, -0.05) is 30.3 Å². The average molecular weight is 393 g/mol. The van der Waals surface area contributed by atoms with Gasteiger partial charge in [-0.15, -0.1) is 0 Å². The van der Waals surface area contributed by atoms with Crippen LogP contribution >= 0.6 is 0 Å². The molecule has 0 saturated heterocycles. The number of aryl methyl sites for hydroxylation is 1. The Morgan fingerprint density at radius 3 is 2.30 bits per heavy atom. The lowest BCUT2D eigenvalue weighted by Gasteiger charge is -2.16. The minimum absolute atomic E-state index is 0.0849. The number of carbonyl (C=O) groups excluding carboxylic acids is 1. The second kappa shape index (κ2) is 9.24. The number of ether oxygens (including phenoxy) is 1. The fourth-order valence-electron chi connectivity index (χ4n) is 2.33. The molecule has 0 unspecified atom stereocenters. The first-order valence-electron chi connectivity index (χ1n) is 8.22. The summed E-state index contributed by atoms with van der Waals surface area (Å²) in [5.41, 5.74) is 0.670. The molecule has 0 saturated carbocycles. The van der Waals surface area contributed by atoms with Gasteiger partial charge in [-0.3, -0.25) is 14.3 Å². The van der Waals surface area contributed by atoms with E-state index in [-0.39, 0.29) is 23.6 Å². The summed E-state index contributed by atoms with van der Waals surface area (Å²) in [5, 5.41) is 10.7. The van der Waals surface area contributed by atoms with Crippen LogP contribution in [0.3, 0.4) is 0 Å². The zero-order chi connectivity index (χ0) is 19.9. The average Bonchev–Trinajstić information content (AvgIpc) is 2.66. The van der Waals surface area contributed by atoms with Crippen LogP contribution in [0.5, 0.6) is 0 Å². The van der Waals surface area contributed by atoms with E-state index in [0.29, 0.717) is 6.42 Å². The lowest BCUT2D eigenvalue weighted by Crippen LogP contribution is -2.30. The summed E-state index contributed by atoms with van der Waals surface area (Å²) in [7, 11) is -4.29. The highest BCUT2D eigenvalue weighted by Gasteiger charge is 2.29. The van der Waals surface area contributed by atoms with E-state index >= 15 is 0 Å². The summed E-state index contributed by atoms with van der Waals surface area (Å²) >= 11 is 0. The minimum atomic E-state index is -4.29. The van der Waals surface area contributed by atoms with Gasteiger partial charge in [0, 0.05) is 12.1 Å². The third-order valence-corrected chi connectivity index (χ3v) is 5.00. The van der Waals surface area contributed by atoms with Crippen LogP contribution in [-0.2, 0) is 30.3 Å². The topological polar surface area (TPSA) is 113 Å². The van der Waals surface area contributed by atoms with Gasteiger partial charge in [0.25, 0.3) is 15.8 Å². The van der Waals surface area contributed by atoms with E-state index in [1.54, 1.807) is 6.92 Å². The van der Waals surface area contributed by atoms with Crippen molar-refractivity contribution < 1.29 is 27.1 Å². The maximum absolute atomic E-state index is 12.4. The molecule has 2 rings (SSSR count). The Morgan fingerprint density at radius 2 is 1.74 bits per heavy atom. The number of nitro groups is 1. The van der Waals surface area contributed by atoms with Crippen LogP contribution in [0.25, 0.3) is 0 Å². The maximum atomic E-state index is 12.4. The Kier molecular flexibility index (Phi) is 7.03. The molecule has 0 aromatic heterocycles. The van der Waals surface area contributed by atoms with Crippen molar-refractivity contribution in [1.82, 2.24) is 0 Å². The second-order valence-corrected chi connectivity index (χ2v) is 7.14. The van der Waals surface area contributed by atoms with Gasteiger partial charge in [-0.25, -0.2) is 4.79 Å². The molecule has 27 heavy (non-hydrogen) atoms. The van der Waals surface area contributed by atoms with Gasteiger partial charge < -0.3 is 4.74 Å². The highest BCUT2D eigenvalue weighted by molar-refractivity contribution is 7.86. The first kappa shape index (κ1) is 20.5. The molecular weight excluding hydrogens is 374 g/mol. The molecule has 0 aliphatic heterocycles. The standard InChI is InChI=1S/C18H19NO7S/c1-2-25-18(20)17(13-8-14-6-4-3-5-7-14)26-27(23,24)16-11-9-15(10-12-16)19(21)22/h3-7,9-12,17H,2,8,13H2,1H3/t17-/m1/s1. The molecule has 0 fully saturated rings. The monoisotopic (exact) mass is 393 g/mol. The molecule has 0 N–H and O–H groups in total. The lowest BCUT2D eigenvalue weighted by molar-refractivity contribution is -0.384. The van der Waals surface area contributed by atoms with Crippen molar-refractivity contribution in [3.05, 3.63) is 70.3 Å². The summed E-state index contributed by atoms with van der Waals surface area (Å²) in [6.07, 6.45) is -0.792. The van der Waals surface area contributed by atoms with Crippen LogP contribution in [0.1, 0.15) is 18.9 Å². The van der Waals surface area contributed by atoms with Crippen molar-refractivity contribution in [3.63, 3.8) is 0 Å². The quantitative estimate of drug-likeness (QED) is 0.279. The predicted octanol–water partition coefficient (Wildman–Crippen LogP) is 2.86. The molecule has 0 aliphatic rings. The van der Waals surface area contributed by atoms with Crippen LogP contribution in [0.15, 0.2) is 59.5 Å². The first-order chi connectivity index (χ1) is 12.8. The summed E-state index contributed by atoms with van der Waals surface area (Å²) in [5.74, 6) is -0.779. The number of nitrogens with zero attached hydrogens (tertiary/aromatic N) is 1. The Hall–Kier alpha value is -2.78. The van der Waals surface area contributed by atoms with Gasteiger partial charge >= 0.3 is 5.97 Å². The number of hydrogen-bond acceptors (Lipinski definition) is 7. The highest BCUT2D eigenvalue weighted by Crippen LogP contribution is 2.21. The van der Waals surface area contributed by atoms with Crippen molar-refractivity contribution in [3.8, 4) is 0 Å². The van der Waals surface area contributed by atoms with Crippen molar-refractivity contribution in [2.24, 2.45) is 0 Å². The number of benzene rings is 2. The van der Waals surface area contributed by atoms with Crippen molar-refractivity contribution in [2.75, 3.05) is 6.61 Å². The van der Waals surface area contributed by atoms with Crippen molar-refractivity contribution >= 4 is 21.8 Å². The largest absolute Gasteiger partial charge is 0.464 e. The molecule has 0 heterocycles. The molecule has 0 amide bonds. The van der Waals surface area contributed by atoms with Gasteiger partial charge in [0.15, 0.2) is 6.10 Å². The van der Waals surface area contributed by atoms with Crippen LogP contribution < -0.4 is 0 Å². The summed E-state index contributed by atoms with van der Waals surface area (Å²) < 4.78 is 34.9. The fourth-order valence-corrected chi connectivity index (χ4v) is 3.39. The lowest BCUT2D eigenvalue weighted by atomic mass is 10.1. The van der Waals surface area contributed by atoms with E-state index in [2.05, 4.69) is 0 Å². The summed E-state index contributed by atoms with van der Waals surface area (Å²) in [4.78, 5) is 21.9. The third-order valence-electron chi connectivity index (χ3n) is 3.67. The minimum Gasteiger partial charge on any atom is -0.464 e. The van der Waals surface area contributed by atoms with E-state index in [1.165, 1.54) is 0 Å². The smallest absolute Gasteiger partial charge is 0.336 e. The molecule has 8 nitrogen and oxygen atoms in total. The van der Waals surface area contributed by atoms with Gasteiger partial charge in [-0.05, 0) is 37.5 Å². The summed E-state index contributed by atoms with van der Waals surface area (Å²) in [6.45, 7) is 1.69. The van der Waals surface area contributed by atoms with Crippen molar-refractivity contribution in [1.29, 1.82) is 0 Å². The number of rotatable bonds is 9. The number of non-ortho nitro benzene ring substituents is 1. The number of hydrogen-bond donors (Lipinski definition) is 0. The Balaban J connectivity index is 2.16. The molecule has 2 aromatic rings. The van der Waals surface area contributed by atoms with E-state index in [1.807, 2.05) is 30.3 Å². The van der Waals surface area contributed by atoms with Crippen LogP contribution in [0, 0.1) is 10.1 Å². The predicted molar refractivity (Wildman–Crippen MR) is 96.6 cm³/mol. The van der Waals surface area contributed by atoms with E-state index in [9.17, 15) is 23.3 Å². The van der Waals surface area contributed by atoms with Crippen LogP contribution in [0.4, 0.5) is 5.69 Å². The Morgan fingerprint density at radius 1 is 1.11 bits per heavy atom. The molecule has 2 aromatic carbocycles. The van der Waals surface area contributed by atoms with Gasteiger partial charge in [0.2, 0.25) is 0 Å². The zero-order valence-electron chi connectivity index (χ0n) is 14.6. The van der Waals surface area contributed by atoms with Gasteiger partial charge in [0.05, 0.1) is 16.4 Å². The first-order valence-corrected chi connectivity index (χ1v) is 9.62. The fraction of sp³-hybridized carbons (Fsp3) is 0.278. The molecule has 0 aliphatic carbocycles. The van der Waals surface area contributed by atoms with Crippen LogP contribution in [-0.4, -0.2) is 32.0 Å². The molecule has 144 valence electrons. The molecule has 0 bridgehead atoms. The zero-order valence-corrected chi connectivity index (χ0v) is 15.4. The number of esters is 1. The second-order valence-electron chi connectivity index (χ2n) is 5.57. The molecule has 1 atom stereocenters. The van der Waals surface area contributed by atoms with Gasteiger partial charge in [-0.2, -0.15) is 8.42 Å². The molecular formula is C18H19NO7S. The maximum Gasteiger partial charge on any atom is 0.336 e. The SMILES string of the molecule is CCOC(=O)[C@@H](CCc1ccccc1)OS(=O)(=O)c1ccc([N+](=O)[O-])cc1. The normalized spacial score (nSPS) is 12.3. The highest BCUT2D eigenvalue weighted by atomic mass is 32.2. The number of nitro benzene ring substituents is 1. The third kappa shape index (κ3) is 5.87. The van der Waals surface area contributed by atoms with E-state index in [4.69, 9.17) is 8.92 Å². The Bertz CT molecular complexity index is 880. The number of carbonyl (C=O) groups is 1. The Labute approximate surface area is 157 Å². The van der Waals surface area contributed by atoms with E-state index < -0.39 is 27.1 Å². The molecule has 9 heteroatoms.